The van der Waals surface area contributed by atoms with Crippen molar-refractivity contribution in [3.63, 3.8) is 0 Å². The van der Waals surface area contributed by atoms with Crippen molar-refractivity contribution in [3.05, 3.63) is 42.5 Å². The Bertz CT molecular complexity index is 760. The predicted octanol–water partition coefficient (Wildman–Crippen LogP) is 3.82. The minimum absolute atomic E-state index is 0.0325. The molecule has 1 unspecified atom stereocenters. The molecular weight excluding hydrogens is 282 g/mol. The van der Waals surface area contributed by atoms with Crippen LogP contribution in [0, 0.1) is 5.41 Å². The van der Waals surface area contributed by atoms with Crippen LogP contribution in [0.15, 0.2) is 52.3 Å². The van der Waals surface area contributed by atoms with Gasteiger partial charge in [0.15, 0.2) is 0 Å². The zero-order valence-electron chi connectivity index (χ0n) is 12.3. The van der Waals surface area contributed by atoms with Crippen molar-refractivity contribution >= 4 is 22.4 Å². The molecule has 0 aliphatic carbocycles. The quantitative estimate of drug-likeness (QED) is 0.742. The summed E-state index contributed by atoms with van der Waals surface area (Å²) in [6.07, 6.45) is 0. The zero-order valence-corrected chi connectivity index (χ0v) is 13.1. The highest BCUT2D eigenvalue weighted by Crippen LogP contribution is 2.41. The van der Waals surface area contributed by atoms with E-state index in [-0.39, 0.29) is 5.91 Å². The first-order valence-corrected chi connectivity index (χ1v) is 7.99. The molecule has 1 atom stereocenters. The van der Waals surface area contributed by atoms with Crippen LogP contribution in [0.25, 0.3) is 11.1 Å². The lowest BCUT2D eigenvalue weighted by molar-refractivity contribution is -0.123. The van der Waals surface area contributed by atoms with E-state index in [4.69, 9.17) is 0 Å². The lowest BCUT2D eigenvalue weighted by Gasteiger charge is -2.18. The van der Waals surface area contributed by atoms with Crippen LogP contribution in [0.5, 0.6) is 0 Å². The van der Waals surface area contributed by atoms with Crippen LogP contribution in [0.3, 0.4) is 0 Å². The number of amides is 1. The van der Waals surface area contributed by atoms with Crippen LogP contribution < -0.4 is 5.32 Å². The van der Waals surface area contributed by atoms with E-state index in [0.717, 1.165) is 26.6 Å². The van der Waals surface area contributed by atoms with Gasteiger partial charge in [0, 0.05) is 16.7 Å². The lowest BCUT2D eigenvalue weighted by Crippen LogP contribution is -2.27. The van der Waals surface area contributed by atoms with Gasteiger partial charge in [-0.05, 0) is 29.8 Å². The van der Waals surface area contributed by atoms with Crippen LogP contribution in [0.1, 0.15) is 20.8 Å². The molecule has 1 aliphatic heterocycles. The summed E-state index contributed by atoms with van der Waals surface area (Å²) in [6.45, 7) is 5.63. The molecule has 0 bridgehead atoms. The Balaban J connectivity index is 2.01. The molecule has 3 nitrogen and oxygen atoms in total. The van der Waals surface area contributed by atoms with Gasteiger partial charge in [-0.3, -0.25) is 4.79 Å². The van der Waals surface area contributed by atoms with Gasteiger partial charge in [0.25, 0.3) is 0 Å². The molecule has 0 radical (unpaired) electrons. The Morgan fingerprint density at radius 1 is 1.00 bits per heavy atom. The number of carbonyl (C=O) groups is 1. The highest BCUT2D eigenvalue weighted by molar-refractivity contribution is 7.85. The molecule has 2 aromatic rings. The van der Waals surface area contributed by atoms with E-state index >= 15 is 0 Å². The Hall–Kier alpha value is -1.94. The average Bonchev–Trinajstić information content (AvgIpc) is 2.72. The summed E-state index contributed by atoms with van der Waals surface area (Å²) in [5, 5.41) is 2.92. The molecule has 108 valence electrons. The van der Waals surface area contributed by atoms with E-state index in [0.29, 0.717) is 0 Å². The van der Waals surface area contributed by atoms with Gasteiger partial charge in [0.2, 0.25) is 5.91 Å². The normalized spacial score (nSPS) is 16.2. The molecule has 4 heteroatoms. The van der Waals surface area contributed by atoms with Crippen LogP contribution in [-0.2, 0) is 15.6 Å². The maximum Gasteiger partial charge on any atom is 0.229 e. The summed E-state index contributed by atoms with van der Waals surface area (Å²) in [4.78, 5) is 13.7. The third-order valence-electron chi connectivity index (χ3n) is 3.50. The third-order valence-corrected chi connectivity index (χ3v) is 5.01. The van der Waals surface area contributed by atoms with E-state index in [9.17, 15) is 9.00 Å². The van der Waals surface area contributed by atoms with Crippen molar-refractivity contribution in [3.8, 4) is 11.1 Å². The molecule has 0 fully saturated rings. The second-order valence-electron chi connectivity index (χ2n) is 6.18. The minimum atomic E-state index is -1.12. The number of hydrogen-bond acceptors (Lipinski definition) is 2. The van der Waals surface area contributed by atoms with Gasteiger partial charge in [0.05, 0.1) is 20.6 Å². The number of carbonyl (C=O) groups excluding carboxylic acids is 1. The predicted molar refractivity (Wildman–Crippen MR) is 84.6 cm³/mol. The molecule has 2 aromatic carbocycles. The Morgan fingerprint density at radius 2 is 1.67 bits per heavy atom. The highest BCUT2D eigenvalue weighted by atomic mass is 32.2. The number of benzene rings is 2. The van der Waals surface area contributed by atoms with Crippen molar-refractivity contribution < 1.29 is 9.00 Å². The first-order valence-electron chi connectivity index (χ1n) is 6.84. The van der Waals surface area contributed by atoms with Gasteiger partial charge < -0.3 is 5.32 Å². The molecule has 0 saturated carbocycles. The van der Waals surface area contributed by atoms with Crippen molar-refractivity contribution in [1.29, 1.82) is 0 Å². The Morgan fingerprint density at radius 3 is 2.38 bits per heavy atom. The molecule has 0 spiro atoms. The summed E-state index contributed by atoms with van der Waals surface area (Å²) >= 11 is 0. The van der Waals surface area contributed by atoms with Gasteiger partial charge in [0.1, 0.15) is 0 Å². The molecule has 3 rings (SSSR count). The van der Waals surface area contributed by atoms with Crippen molar-refractivity contribution in [2.45, 2.75) is 30.6 Å². The number of rotatable bonds is 1. The van der Waals surface area contributed by atoms with Crippen molar-refractivity contribution in [2.75, 3.05) is 5.32 Å². The van der Waals surface area contributed by atoms with Crippen molar-refractivity contribution in [2.24, 2.45) is 5.41 Å². The van der Waals surface area contributed by atoms with E-state index in [1.807, 2.05) is 63.2 Å². The lowest BCUT2D eigenvalue weighted by atomic mass is 9.95. The van der Waals surface area contributed by atoms with E-state index in [1.165, 1.54) is 0 Å². The molecule has 0 aromatic heterocycles. The monoisotopic (exact) mass is 299 g/mol. The Labute approximate surface area is 126 Å². The first kappa shape index (κ1) is 14.0. The third kappa shape index (κ3) is 2.40. The van der Waals surface area contributed by atoms with E-state index < -0.39 is 16.2 Å². The van der Waals surface area contributed by atoms with Gasteiger partial charge in [-0.25, -0.2) is 4.21 Å². The zero-order chi connectivity index (χ0) is 15.2. The molecule has 1 amide bonds. The average molecular weight is 299 g/mol. The number of nitrogens with one attached hydrogen (secondary N) is 1. The summed E-state index contributed by atoms with van der Waals surface area (Å²) in [5.74, 6) is -0.0325. The SMILES string of the molecule is CC(C)(C)C(=O)Nc1ccc2c(c1)-c1ccccc1S2=O. The van der Waals surface area contributed by atoms with Gasteiger partial charge in [-0.2, -0.15) is 0 Å². The molecule has 21 heavy (non-hydrogen) atoms. The topological polar surface area (TPSA) is 46.2 Å². The second-order valence-corrected chi connectivity index (χ2v) is 7.60. The van der Waals surface area contributed by atoms with Crippen LogP contribution in [0.4, 0.5) is 5.69 Å². The summed E-state index contributed by atoms with van der Waals surface area (Å²) < 4.78 is 12.4. The molecule has 1 N–H and O–H groups in total. The standard InChI is InChI=1S/C17H17NO2S/c1-17(2,3)16(19)18-11-8-9-15-13(10-11)12-6-4-5-7-14(12)21(15)20/h4-10H,1-3H3,(H,18,19). The van der Waals surface area contributed by atoms with Gasteiger partial charge >= 0.3 is 0 Å². The number of fused-ring (bicyclic) bond motifs is 3. The van der Waals surface area contributed by atoms with Gasteiger partial charge in [-0.1, -0.05) is 39.0 Å². The fraction of sp³-hybridized carbons (Fsp3) is 0.235. The van der Waals surface area contributed by atoms with Gasteiger partial charge in [-0.15, -0.1) is 0 Å². The van der Waals surface area contributed by atoms with Crippen LogP contribution >= 0.6 is 0 Å². The summed E-state index contributed by atoms with van der Waals surface area (Å²) in [5.41, 5.74) is 2.22. The summed E-state index contributed by atoms with van der Waals surface area (Å²) in [6, 6.07) is 13.2. The first-order chi connectivity index (χ1) is 9.88. The van der Waals surface area contributed by atoms with E-state index in [2.05, 4.69) is 5.32 Å². The maximum absolute atomic E-state index is 12.4. The fourth-order valence-electron chi connectivity index (χ4n) is 2.27. The van der Waals surface area contributed by atoms with Crippen LogP contribution in [-0.4, -0.2) is 10.1 Å². The van der Waals surface area contributed by atoms with E-state index in [1.54, 1.807) is 0 Å². The molecule has 0 saturated heterocycles. The second kappa shape index (κ2) is 4.81. The number of hydrogen-bond donors (Lipinski definition) is 1. The highest BCUT2D eigenvalue weighted by Gasteiger charge is 2.26. The smallest absolute Gasteiger partial charge is 0.229 e. The minimum Gasteiger partial charge on any atom is -0.326 e. The maximum atomic E-state index is 12.4. The van der Waals surface area contributed by atoms with Crippen LogP contribution in [0.2, 0.25) is 0 Å². The summed E-state index contributed by atoms with van der Waals surface area (Å²) in [7, 11) is -1.12. The largest absolute Gasteiger partial charge is 0.326 e. The Kier molecular flexibility index (Phi) is 3.21. The fourth-order valence-corrected chi connectivity index (χ4v) is 3.64. The van der Waals surface area contributed by atoms with Crippen molar-refractivity contribution in [1.82, 2.24) is 0 Å². The molecule has 1 heterocycles. The number of anilines is 1. The molecular formula is C17H17NO2S. The molecule has 1 aliphatic rings.